The predicted molar refractivity (Wildman–Crippen MR) is 70.3 cm³/mol. The number of carbonyl (C=O) groups excluding carboxylic acids is 1. The molecule has 3 nitrogen and oxygen atoms in total. The zero-order valence-corrected chi connectivity index (χ0v) is 11.6. The average Bonchev–Trinajstić information content (AvgIpc) is 2.82. The predicted octanol–water partition coefficient (Wildman–Crippen LogP) is 3.35. The highest BCUT2D eigenvalue weighted by Crippen LogP contribution is 2.33. The zero-order chi connectivity index (χ0) is 12.3. The lowest BCUT2D eigenvalue weighted by atomic mass is 9.77. The topological polar surface area (TPSA) is 42.2 Å². The number of amides is 1. The molecule has 17 heavy (non-hydrogen) atoms. The maximum Gasteiger partial charge on any atom is 0.254 e. The first-order valence-electron chi connectivity index (χ1n) is 6.06. The Balaban J connectivity index is 2.06. The van der Waals surface area contributed by atoms with Crippen molar-refractivity contribution in [3.05, 3.63) is 24.2 Å². The molecule has 1 N–H and O–H groups in total. The van der Waals surface area contributed by atoms with E-state index in [9.17, 15) is 4.79 Å². The highest BCUT2D eigenvalue weighted by molar-refractivity contribution is 9.09. The van der Waals surface area contributed by atoms with Crippen LogP contribution in [0.1, 0.15) is 43.0 Å². The van der Waals surface area contributed by atoms with Crippen LogP contribution < -0.4 is 5.32 Å². The zero-order valence-electron chi connectivity index (χ0n) is 10.0. The summed E-state index contributed by atoms with van der Waals surface area (Å²) in [6.45, 7) is 2.25. The van der Waals surface area contributed by atoms with Crippen molar-refractivity contribution in [2.24, 2.45) is 5.92 Å². The Hall–Kier alpha value is -0.770. The summed E-state index contributed by atoms with van der Waals surface area (Å²) >= 11 is 3.55. The Bertz CT molecular complexity index is 377. The fourth-order valence-corrected chi connectivity index (χ4v) is 3.28. The molecule has 0 saturated heterocycles. The third-order valence-corrected chi connectivity index (χ3v) is 4.58. The molecule has 0 bridgehead atoms. The Morgan fingerprint density at radius 3 is 3.12 bits per heavy atom. The normalized spacial score (nSPS) is 28.9. The molecule has 0 aliphatic heterocycles. The van der Waals surface area contributed by atoms with E-state index in [-0.39, 0.29) is 11.4 Å². The van der Waals surface area contributed by atoms with E-state index in [0.717, 1.165) is 18.2 Å². The summed E-state index contributed by atoms with van der Waals surface area (Å²) in [5.41, 5.74) is 0.509. The van der Waals surface area contributed by atoms with Crippen molar-refractivity contribution in [1.29, 1.82) is 0 Å². The Morgan fingerprint density at radius 1 is 1.71 bits per heavy atom. The van der Waals surface area contributed by atoms with Gasteiger partial charge in [-0.05, 0) is 24.8 Å². The highest BCUT2D eigenvalue weighted by Gasteiger charge is 2.35. The summed E-state index contributed by atoms with van der Waals surface area (Å²) in [5, 5.41) is 3.98. The largest absolute Gasteiger partial charge is 0.472 e. The lowest BCUT2D eigenvalue weighted by Crippen LogP contribution is -2.52. The molecule has 2 rings (SSSR count). The second-order valence-electron chi connectivity index (χ2n) is 5.08. The van der Waals surface area contributed by atoms with Crippen LogP contribution >= 0.6 is 15.9 Å². The average molecular weight is 300 g/mol. The number of furan rings is 1. The van der Waals surface area contributed by atoms with Crippen molar-refractivity contribution in [2.75, 3.05) is 5.33 Å². The number of rotatable bonds is 3. The summed E-state index contributed by atoms with van der Waals surface area (Å²) in [7, 11) is 0. The van der Waals surface area contributed by atoms with Crippen molar-refractivity contribution < 1.29 is 9.21 Å². The summed E-state index contributed by atoms with van der Waals surface area (Å²) in [4.78, 5) is 12.1. The van der Waals surface area contributed by atoms with Crippen LogP contribution in [0.2, 0.25) is 0 Å². The van der Waals surface area contributed by atoms with Crippen molar-refractivity contribution in [3.63, 3.8) is 0 Å². The molecule has 1 aromatic heterocycles. The standard InChI is InChI=1S/C13H18BrNO2/c1-10-3-2-5-13(7-10,9-14)15-12(16)11-4-6-17-8-11/h4,6,8,10H,2-3,5,7,9H2,1H3,(H,15,16). The number of carbonyl (C=O) groups is 1. The third kappa shape index (κ3) is 2.92. The van der Waals surface area contributed by atoms with Gasteiger partial charge in [-0.15, -0.1) is 0 Å². The first kappa shape index (κ1) is 12.7. The molecule has 1 aliphatic rings. The second kappa shape index (κ2) is 5.25. The molecule has 1 heterocycles. The quantitative estimate of drug-likeness (QED) is 0.870. The SMILES string of the molecule is CC1CCCC(CBr)(NC(=O)c2ccoc2)C1. The molecule has 1 amide bonds. The number of hydrogen-bond donors (Lipinski definition) is 1. The van der Waals surface area contributed by atoms with Gasteiger partial charge in [0.25, 0.3) is 5.91 Å². The van der Waals surface area contributed by atoms with Crippen molar-refractivity contribution in [2.45, 2.75) is 38.1 Å². The van der Waals surface area contributed by atoms with Gasteiger partial charge in [0.05, 0.1) is 17.4 Å². The molecule has 2 unspecified atom stereocenters. The summed E-state index contributed by atoms with van der Waals surface area (Å²) in [6.07, 6.45) is 7.55. The van der Waals surface area contributed by atoms with Gasteiger partial charge in [0.2, 0.25) is 0 Å². The molecule has 1 fully saturated rings. The molecule has 94 valence electrons. The van der Waals surface area contributed by atoms with E-state index in [1.54, 1.807) is 6.07 Å². The van der Waals surface area contributed by atoms with Crippen LogP contribution in [0.25, 0.3) is 0 Å². The summed E-state index contributed by atoms with van der Waals surface area (Å²) < 4.78 is 4.94. The van der Waals surface area contributed by atoms with E-state index in [0.29, 0.717) is 11.5 Å². The van der Waals surface area contributed by atoms with Gasteiger partial charge in [0.1, 0.15) is 6.26 Å². The smallest absolute Gasteiger partial charge is 0.254 e. The Kier molecular flexibility index (Phi) is 3.92. The minimum absolute atomic E-state index is 0.0349. The molecule has 1 aromatic rings. The highest BCUT2D eigenvalue weighted by atomic mass is 79.9. The number of halogens is 1. The fraction of sp³-hybridized carbons (Fsp3) is 0.615. The minimum Gasteiger partial charge on any atom is -0.472 e. The Morgan fingerprint density at radius 2 is 2.53 bits per heavy atom. The first-order chi connectivity index (χ1) is 8.15. The van der Waals surface area contributed by atoms with Crippen LogP contribution in [0.15, 0.2) is 23.0 Å². The van der Waals surface area contributed by atoms with Gasteiger partial charge in [0, 0.05) is 5.33 Å². The maximum absolute atomic E-state index is 12.1. The van der Waals surface area contributed by atoms with Gasteiger partial charge in [-0.2, -0.15) is 0 Å². The number of nitrogens with one attached hydrogen (secondary N) is 1. The van der Waals surface area contributed by atoms with E-state index in [1.165, 1.54) is 25.4 Å². The van der Waals surface area contributed by atoms with Crippen LogP contribution in [-0.4, -0.2) is 16.8 Å². The molecule has 1 aliphatic carbocycles. The molecule has 4 heteroatoms. The van der Waals surface area contributed by atoms with Crippen LogP contribution in [-0.2, 0) is 0 Å². The van der Waals surface area contributed by atoms with Crippen LogP contribution in [0.4, 0.5) is 0 Å². The number of hydrogen-bond acceptors (Lipinski definition) is 2. The molecule has 0 aromatic carbocycles. The van der Waals surface area contributed by atoms with Crippen molar-refractivity contribution in [3.8, 4) is 0 Å². The lowest BCUT2D eigenvalue weighted by molar-refractivity contribution is 0.0869. The fourth-order valence-electron chi connectivity index (χ4n) is 2.64. The van der Waals surface area contributed by atoms with Crippen LogP contribution in [0.3, 0.4) is 0 Å². The van der Waals surface area contributed by atoms with Gasteiger partial charge < -0.3 is 9.73 Å². The Labute approximate surface area is 110 Å². The molecular weight excluding hydrogens is 282 g/mol. The summed E-state index contributed by atoms with van der Waals surface area (Å²) in [6, 6.07) is 1.70. The van der Waals surface area contributed by atoms with Gasteiger partial charge in [-0.1, -0.05) is 35.7 Å². The van der Waals surface area contributed by atoms with E-state index in [1.807, 2.05) is 0 Å². The van der Waals surface area contributed by atoms with Crippen molar-refractivity contribution in [1.82, 2.24) is 5.32 Å². The lowest BCUT2D eigenvalue weighted by Gasteiger charge is -2.39. The number of alkyl halides is 1. The maximum atomic E-state index is 12.1. The molecule has 2 atom stereocenters. The summed E-state index contributed by atoms with van der Waals surface area (Å²) in [5.74, 6) is 0.637. The monoisotopic (exact) mass is 299 g/mol. The van der Waals surface area contributed by atoms with Gasteiger partial charge in [0.15, 0.2) is 0 Å². The molecule has 1 saturated carbocycles. The molecule has 0 spiro atoms. The molecular formula is C13H18BrNO2. The van der Waals surface area contributed by atoms with E-state index < -0.39 is 0 Å². The first-order valence-corrected chi connectivity index (χ1v) is 7.18. The van der Waals surface area contributed by atoms with Crippen LogP contribution in [0, 0.1) is 5.92 Å². The van der Waals surface area contributed by atoms with Gasteiger partial charge >= 0.3 is 0 Å². The van der Waals surface area contributed by atoms with Gasteiger partial charge in [-0.3, -0.25) is 4.79 Å². The van der Waals surface area contributed by atoms with Crippen LogP contribution in [0.5, 0.6) is 0 Å². The van der Waals surface area contributed by atoms with E-state index in [4.69, 9.17) is 4.42 Å². The van der Waals surface area contributed by atoms with Crippen molar-refractivity contribution >= 4 is 21.8 Å². The second-order valence-corrected chi connectivity index (χ2v) is 5.64. The van der Waals surface area contributed by atoms with E-state index >= 15 is 0 Å². The molecule has 0 radical (unpaired) electrons. The van der Waals surface area contributed by atoms with E-state index in [2.05, 4.69) is 28.2 Å². The third-order valence-electron chi connectivity index (χ3n) is 3.51. The van der Waals surface area contributed by atoms with Gasteiger partial charge in [-0.25, -0.2) is 0 Å². The minimum atomic E-state index is -0.0913.